The van der Waals surface area contributed by atoms with E-state index in [9.17, 15) is 0 Å². The van der Waals surface area contributed by atoms with Gasteiger partial charge in [-0.3, -0.25) is 0 Å². The van der Waals surface area contributed by atoms with E-state index in [0.29, 0.717) is 0 Å². The van der Waals surface area contributed by atoms with Crippen molar-refractivity contribution >= 4 is 11.5 Å². The first-order valence-corrected chi connectivity index (χ1v) is 4.76. The van der Waals surface area contributed by atoms with Gasteiger partial charge in [-0.15, -0.1) is 3.96 Å². The molecule has 1 heterocycles. The van der Waals surface area contributed by atoms with Crippen LogP contribution in [0.5, 0.6) is 0 Å². The lowest BCUT2D eigenvalue weighted by Crippen LogP contribution is -2.27. The molecule has 1 aromatic heterocycles. The van der Waals surface area contributed by atoms with Gasteiger partial charge in [0.1, 0.15) is 11.5 Å². The molecule has 0 saturated carbocycles. The quantitative estimate of drug-likeness (QED) is 0.617. The molecule has 2 heteroatoms. The smallest absolute Gasteiger partial charge is 0.137 e. The zero-order valence-electron chi connectivity index (χ0n) is 6.68. The molecule has 0 bridgehead atoms. The Balaban J connectivity index is 2.15. The standard InChI is InChI=1S/C10H10NS/c1-2-5-10(6-3-1)9-11-7-4-8-12-11/h1-8H,9H2/q+1. The number of aromatic nitrogens is 1. The molecule has 0 amide bonds. The van der Waals surface area contributed by atoms with Crippen molar-refractivity contribution in [3.63, 3.8) is 0 Å². The first-order valence-electron chi connectivity index (χ1n) is 3.92. The van der Waals surface area contributed by atoms with Crippen LogP contribution in [0.4, 0.5) is 0 Å². The van der Waals surface area contributed by atoms with E-state index in [2.05, 4.69) is 45.9 Å². The van der Waals surface area contributed by atoms with Crippen molar-refractivity contribution in [3.05, 3.63) is 53.5 Å². The van der Waals surface area contributed by atoms with Gasteiger partial charge in [-0.05, 0) is 0 Å². The second kappa shape index (κ2) is 3.50. The maximum atomic E-state index is 2.20. The van der Waals surface area contributed by atoms with Crippen LogP contribution in [0.25, 0.3) is 0 Å². The van der Waals surface area contributed by atoms with E-state index < -0.39 is 0 Å². The lowest BCUT2D eigenvalue weighted by atomic mass is 10.2. The van der Waals surface area contributed by atoms with Crippen molar-refractivity contribution < 1.29 is 3.96 Å². The third kappa shape index (κ3) is 1.71. The largest absolute Gasteiger partial charge is 0.187 e. The zero-order valence-corrected chi connectivity index (χ0v) is 7.50. The zero-order chi connectivity index (χ0) is 8.23. The molecule has 1 aromatic carbocycles. The number of rotatable bonds is 2. The number of benzene rings is 1. The average molecular weight is 176 g/mol. The predicted molar refractivity (Wildman–Crippen MR) is 50.1 cm³/mol. The monoisotopic (exact) mass is 176 g/mol. The molecular formula is C10H10NS+. The fourth-order valence-corrected chi connectivity index (χ4v) is 1.79. The Morgan fingerprint density at radius 1 is 1.08 bits per heavy atom. The Morgan fingerprint density at radius 3 is 2.58 bits per heavy atom. The summed E-state index contributed by atoms with van der Waals surface area (Å²) in [6.45, 7) is 0.985. The molecule has 0 aliphatic rings. The highest BCUT2D eigenvalue weighted by atomic mass is 32.1. The highest BCUT2D eigenvalue weighted by molar-refractivity contribution is 6.99. The Hall–Kier alpha value is -1.15. The molecule has 0 aliphatic heterocycles. The SMILES string of the molecule is c1ccc(C[n+]2cccs2)cc1. The van der Waals surface area contributed by atoms with Gasteiger partial charge < -0.3 is 0 Å². The fraction of sp³-hybridized carbons (Fsp3) is 0.100. The Morgan fingerprint density at radius 2 is 1.92 bits per heavy atom. The van der Waals surface area contributed by atoms with Gasteiger partial charge in [-0.1, -0.05) is 30.3 Å². The van der Waals surface area contributed by atoms with E-state index in [1.807, 2.05) is 6.07 Å². The minimum atomic E-state index is 0.985. The first kappa shape index (κ1) is 7.50. The maximum Gasteiger partial charge on any atom is 0.187 e. The summed E-state index contributed by atoms with van der Waals surface area (Å²) in [6, 6.07) is 12.5. The lowest BCUT2D eigenvalue weighted by Gasteiger charge is -1.91. The third-order valence-electron chi connectivity index (χ3n) is 1.71. The van der Waals surface area contributed by atoms with E-state index >= 15 is 0 Å². The third-order valence-corrected chi connectivity index (χ3v) is 2.51. The molecule has 0 N–H and O–H groups in total. The van der Waals surface area contributed by atoms with Crippen LogP contribution in [-0.4, -0.2) is 0 Å². The van der Waals surface area contributed by atoms with E-state index in [1.54, 1.807) is 11.5 Å². The van der Waals surface area contributed by atoms with Gasteiger partial charge in [-0.2, -0.15) is 0 Å². The summed E-state index contributed by atoms with van der Waals surface area (Å²) in [4.78, 5) is 0. The van der Waals surface area contributed by atoms with E-state index in [-0.39, 0.29) is 0 Å². The highest BCUT2D eigenvalue weighted by Gasteiger charge is 2.01. The van der Waals surface area contributed by atoms with Gasteiger partial charge in [0, 0.05) is 11.6 Å². The van der Waals surface area contributed by atoms with E-state index in [1.165, 1.54) is 5.56 Å². The molecule has 60 valence electrons. The van der Waals surface area contributed by atoms with Crippen molar-refractivity contribution in [1.82, 2.24) is 0 Å². The molecule has 2 rings (SSSR count). The van der Waals surface area contributed by atoms with Gasteiger partial charge in [0.25, 0.3) is 0 Å². The normalized spacial score (nSPS) is 10.0. The number of hydrogen-bond donors (Lipinski definition) is 0. The van der Waals surface area contributed by atoms with Crippen LogP contribution >= 0.6 is 11.5 Å². The molecule has 2 aromatic rings. The number of hydrogen-bond acceptors (Lipinski definition) is 1. The summed E-state index contributed by atoms with van der Waals surface area (Å²) < 4.78 is 2.20. The molecule has 0 unspecified atom stereocenters. The Kier molecular flexibility index (Phi) is 2.19. The summed E-state index contributed by atoms with van der Waals surface area (Å²) in [7, 11) is 0. The summed E-state index contributed by atoms with van der Waals surface area (Å²) in [5, 5.41) is 2.09. The Labute approximate surface area is 76.1 Å². The van der Waals surface area contributed by atoms with E-state index in [0.717, 1.165) is 6.54 Å². The van der Waals surface area contributed by atoms with Gasteiger partial charge in [0.2, 0.25) is 0 Å². The summed E-state index contributed by atoms with van der Waals surface area (Å²) in [6.07, 6.45) is 2.09. The second-order valence-corrected chi connectivity index (χ2v) is 3.60. The van der Waals surface area contributed by atoms with Crippen molar-refractivity contribution in [2.75, 3.05) is 0 Å². The minimum Gasteiger partial charge on any atom is -0.137 e. The summed E-state index contributed by atoms with van der Waals surface area (Å²) in [5.74, 6) is 0. The van der Waals surface area contributed by atoms with Crippen LogP contribution in [0, 0.1) is 0 Å². The van der Waals surface area contributed by atoms with Gasteiger partial charge >= 0.3 is 0 Å². The second-order valence-electron chi connectivity index (χ2n) is 2.64. The number of nitrogens with zero attached hydrogens (tertiary/aromatic N) is 1. The maximum absolute atomic E-state index is 2.20. The van der Waals surface area contributed by atoms with Crippen molar-refractivity contribution in [3.8, 4) is 0 Å². The summed E-state index contributed by atoms with van der Waals surface area (Å²) in [5.41, 5.74) is 1.35. The van der Waals surface area contributed by atoms with Crippen LogP contribution in [0.15, 0.2) is 48.0 Å². The van der Waals surface area contributed by atoms with Crippen LogP contribution in [0.2, 0.25) is 0 Å². The Bertz CT molecular complexity index is 326. The molecule has 0 aliphatic carbocycles. The topological polar surface area (TPSA) is 3.88 Å². The fourth-order valence-electron chi connectivity index (χ4n) is 1.13. The van der Waals surface area contributed by atoms with Crippen LogP contribution in [0.1, 0.15) is 5.56 Å². The van der Waals surface area contributed by atoms with Crippen LogP contribution in [0.3, 0.4) is 0 Å². The van der Waals surface area contributed by atoms with Gasteiger partial charge in [0.05, 0.1) is 5.38 Å². The molecular weight excluding hydrogens is 166 g/mol. The molecule has 1 nitrogen and oxygen atoms in total. The van der Waals surface area contributed by atoms with Crippen molar-refractivity contribution in [2.24, 2.45) is 0 Å². The molecule has 0 fully saturated rings. The predicted octanol–water partition coefficient (Wildman–Crippen LogP) is 2.08. The molecule has 0 atom stereocenters. The molecule has 0 radical (unpaired) electrons. The van der Waals surface area contributed by atoms with Crippen molar-refractivity contribution in [1.29, 1.82) is 0 Å². The van der Waals surface area contributed by atoms with Crippen LogP contribution in [-0.2, 0) is 6.54 Å². The first-order chi connectivity index (χ1) is 5.95. The minimum absolute atomic E-state index is 0.985. The molecule has 0 spiro atoms. The van der Waals surface area contributed by atoms with E-state index in [4.69, 9.17) is 0 Å². The highest BCUT2D eigenvalue weighted by Crippen LogP contribution is 1.98. The van der Waals surface area contributed by atoms with Crippen molar-refractivity contribution in [2.45, 2.75) is 6.54 Å². The van der Waals surface area contributed by atoms with Crippen LogP contribution < -0.4 is 3.96 Å². The van der Waals surface area contributed by atoms with Gasteiger partial charge in [-0.25, -0.2) is 0 Å². The lowest BCUT2D eigenvalue weighted by molar-refractivity contribution is -0.619. The van der Waals surface area contributed by atoms with Gasteiger partial charge in [0.15, 0.2) is 12.7 Å². The molecule has 0 saturated heterocycles. The molecule has 12 heavy (non-hydrogen) atoms. The summed E-state index contributed by atoms with van der Waals surface area (Å²) >= 11 is 1.73. The average Bonchev–Trinajstić information content (AvgIpc) is 2.59.